The van der Waals surface area contributed by atoms with Crippen LogP contribution in [0.5, 0.6) is 0 Å². The Morgan fingerprint density at radius 2 is 1.00 bits per heavy atom. The van der Waals surface area contributed by atoms with E-state index in [1.165, 1.54) is 77.1 Å². The molecule has 0 saturated heterocycles. The maximum Gasteiger partial charge on any atom is 0.0622 e. The molecule has 8 aromatic rings. The Balaban J connectivity index is 1.50. The van der Waals surface area contributed by atoms with E-state index in [1.807, 2.05) is 0 Å². The van der Waals surface area contributed by atoms with Crippen LogP contribution in [0, 0.1) is 0 Å². The molecule has 0 fully saturated rings. The number of nitrogens with zero attached hydrogens (tertiary/aromatic N) is 2. The zero-order valence-electron chi connectivity index (χ0n) is 26.4. The maximum absolute atomic E-state index is 2.50. The van der Waals surface area contributed by atoms with Crippen molar-refractivity contribution in [3.63, 3.8) is 0 Å². The van der Waals surface area contributed by atoms with Crippen molar-refractivity contribution >= 4 is 65.9 Å². The van der Waals surface area contributed by atoms with Crippen LogP contribution in [0.25, 0.3) is 48.9 Å². The quantitative estimate of drug-likeness (QED) is 0.205. The van der Waals surface area contributed by atoms with Crippen molar-refractivity contribution in [3.05, 3.63) is 132 Å². The van der Waals surface area contributed by atoms with Crippen LogP contribution in [0.2, 0.25) is 0 Å². The highest BCUT2D eigenvalue weighted by Gasteiger charge is 2.27. The molecule has 0 atom stereocenters. The van der Waals surface area contributed by atoms with Crippen LogP contribution in [-0.4, -0.2) is 4.40 Å². The minimum atomic E-state index is -0.0630. The van der Waals surface area contributed by atoms with Crippen molar-refractivity contribution in [2.45, 2.75) is 52.4 Å². The minimum absolute atomic E-state index is 0.0630. The van der Waals surface area contributed by atoms with Gasteiger partial charge in [0.25, 0.3) is 0 Å². The van der Waals surface area contributed by atoms with Gasteiger partial charge < -0.3 is 9.30 Å². The van der Waals surface area contributed by atoms with Crippen LogP contribution >= 0.6 is 0 Å². The van der Waals surface area contributed by atoms with E-state index in [9.17, 15) is 0 Å². The third-order valence-corrected chi connectivity index (χ3v) is 9.35. The van der Waals surface area contributed by atoms with Gasteiger partial charge in [0.1, 0.15) is 0 Å². The number of anilines is 3. The molecule has 8 rings (SSSR count). The largest absolute Gasteiger partial charge is 0.310 e. The first-order chi connectivity index (χ1) is 21.1. The summed E-state index contributed by atoms with van der Waals surface area (Å²) in [5.74, 6) is 0. The van der Waals surface area contributed by atoms with E-state index in [-0.39, 0.29) is 10.8 Å². The standard InChI is InChI=1S/C42H38N2/c1-41(2,3)29-19-21-30(22-20-29)43(39-24-28-14-8-7-13-27(28)23-36(39)42(4,5)6)31-25-34-32-15-9-11-17-37(32)44-38-18-12-10-16-33(38)35(26-31)40(34)44/h7-26H,1-6H3. The molecule has 0 spiro atoms. The summed E-state index contributed by atoms with van der Waals surface area (Å²) in [7, 11) is 0. The molecule has 0 aliphatic carbocycles. The molecule has 0 aliphatic rings. The number of hydrogen-bond donors (Lipinski definition) is 0. The van der Waals surface area contributed by atoms with Crippen molar-refractivity contribution in [2.24, 2.45) is 0 Å². The summed E-state index contributed by atoms with van der Waals surface area (Å²) in [6.45, 7) is 13.8. The van der Waals surface area contributed by atoms with Crippen LogP contribution in [0.3, 0.4) is 0 Å². The summed E-state index contributed by atoms with van der Waals surface area (Å²) in [6, 6.07) is 45.3. The van der Waals surface area contributed by atoms with E-state index < -0.39 is 0 Å². The lowest BCUT2D eigenvalue weighted by atomic mass is 9.83. The molecule has 2 heterocycles. The fourth-order valence-corrected chi connectivity index (χ4v) is 7.12. The average Bonchev–Trinajstić information content (AvgIpc) is 3.52. The van der Waals surface area contributed by atoms with Crippen molar-refractivity contribution in [1.29, 1.82) is 0 Å². The Labute approximate surface area is 259 Å². The Hall–Kier alpha value is -4.82. The summed E-state index contributed by atoms with van der Waals surface area (Å²) < 4.78 is 2.46. The van der Waals surface area contributed by atoms with Crippen molar-refractivity contribution in [1.82, 2.24) is 4.40 Å². The third-order valence-electron chi connectivity index (χ3n) is 9.35. The Morgan fingerprint density at radius 3 is 1.55 bits per heavy atom. The Kier molecular flexibility index (Phi) is 5.68. The Bertz CT molecular complexity index is 2260. The predicted molar refractivity (Wildman–Crippen MR) is 191 cm³/mol. The highest BCUT2D eigenvalue weighted by molar-refractivity contribution is 6.24. The van der Waals surface area contributed by atoms with Crippen LogP contribution < -0.4 is 4.90 Å². The topological polar surface area (TPSA) is 7.65 Å². The molecule has 44 heavy (non-hydrogen) atoms. The number of aromatic nitrogens is 1. The van der Waals surface area contributed by atoms with Crippen molar-refractivity contribution < 1.29 is 0 Å². The van der Waals surface area contributed by atoms with Crippen LogP contribution in [0.1, 0.15) is 52.7 Å². The SMILES string of the molecule is CC(C)(C)c1ccc(N(c2cc3c4ccccc4n4c5ccccc5c(c2)c34)c2cc3ccccc3cc2C(C)(C)C)cc1. The molecule has 0 radical (unpaired) electrons. The predicted octanol–water partition coefficient (Wildman–Crippen LogP) is 12.1. The lowest BCUT2D eigenvalue weighted by Crippen LogP contribution is -2.19. The summed E-state index contributed by atoms with van der Waals surface area (Å²) in [4.78, 5) is 2.50. The lowest BCUT2D eigenvalue weighted by Gasteiger charge is -2.33. The van der Waals surface area contributed by atoms with Gasteiger partial charge in [0.2, 0.25) is 0 Å². The summed E-state index contributed by atoms with van der Waals surface area (Å²) >= 11 is 0. The molecule has 6 aromatic carbocycles. The number of rotatable bonds is 3. The second kappa shape index (κ2) is 9.34. The molecule has 0 aliphatic heterocycles. The summed E-state index contributed by atoms with van der Waals surface area (Å²) in [5.41, 5.74) is 10.1. The molecule has 0 N–H and O–H groups in total. The number of benzene rings is 6. The highest BCUT2D eigenvalue weighted by Crippen LogP contribution is 2.47. The van der Waals surface area contributed by atoms with Gasteiger partial charge in [-0.05, 0) is 81.3 Å². The van der Waals surface area contributed by atoms with Gasteiger partial charge in [-0.25, -0.2) is 0 Å². The van der Waals surface area contributed by atoms with Gasteiger partial charge in [-0.15, -0.1) is 0 Å². The summed E-state index contributed by atoms with van der Waals surface area (Å²) in [5, 5.41) is 7.68. The second-order valence-corrected chi connectivity index (χ2v) is 14.4. The molecular weight excluding hydrogens is 532 g/mol. The zero-order chi connectivity index (χ0) is 30.4. The first kappa shape index (κ1) is 26.8. The van der Waals surface area contributed by atoms with Gasteiger partial charge in [0.15, 0.2) is 0 Å². The van der Waals surface area contributed by atoms with E-state index in [0.29, 0.717) is 0 Å². The molecule has 0 saturated carbocycles. The lowest BCUT2D eigenvalue weighted by molar-refractivity contribution is 0.590. The number of para-hydroxylation sites is 2. The average molecular weight is 571 g/mol. The fourth-order valence-electron chi connectivity index (χ4n) is 7.12. The van der Waals surface area contributed by atoms with Gasteiger partial charge in [-0.2, -0.15) is 0 Å². The molecule has 2 aromatic heterocycles. The molecular formula is C42H38N2. The van der Waals surface area contributed by atoms with Crippen LogP contribution in [0.15, 0.2) is 121 Å². The van der Waals surface area contributed by atoms with E-state index in [4.69, 9.17) is 0 Å². The zero-order valence-corrected chi connectivity index (χ0v) is 26.4. The third kappa shape index (κ3) is 4.01. The summed E-state index contributed by atoms with van der Waals surface area (Å²) in [6.07, 6.45) is 0. The van der Waals surface area contributed by atoms with Gasteiger partial charge in [0.05, 0.1) is 22.2 Å². The molecule has 216 valence electrons. The first-order valence-corrected chi connectivity index (χ1v) is 15.7. The van der Waals surface area contributed by atoms with Crippen molar-refractivity contribution in [3.8, 4) is 0 Å². The van der Waals surface area contributed by atoms with E-state index in [0.717, 1.165) is 0 Å². The fraction of sp³-hybridized carbons (Fsp3) is 0.190. The minimum Gasteiger partial charge on any atom is -0.310 e. The second-order valence-electron chi connectivity index (χ2n) is 14.4. The van der Waals surface area contributed by atoms with Crippen LogP contribution in [0.4, 0.5) is 17.1 Å². The highest BCUT2D eigenvalue weighted by atomic mass is 15.1. The normalized spacial score (nSPS) is 12.8. The Morgan fingerprint density at radius 1 is 0.477 bits per heavy atom. The molecule has 2 heteroatoms. The first-order valence-electron chi connectivity index (χ1n) is 15.7. The monoisotopic (exact) mass is 570 g/mol. The van der Waals surface area contributed by atoms with E-state index in [2.05, 4.69) is 172 Å². The molecule has 0 amide bonds. The maximum atomic E-state index is 2.50. The smallest absolute Gasteiger partial charge is 0.0622 e. The molecule has 0 bridgehead atoms. The number of hydrogen-bond acceptors (Lipinski definition) is 1. The number of fused-ring (bicyclic) bond motifs is 7. The molecule has 2 nitrogen and oxygen atoms in total. The van der Waals surface area contributed by atoms with Crippen molar-refractivity contribution in [2.75, 3.05) is 4.90 Å². The van der Waals surface area contributed by atoms with E-state index in [1.54, 1.807) is 0 Å². The van der Waals surface area contributed by atoms with E-state index >= 15 is 0 Å². The van der Waals surface area contributed by atoms with Gasteiger partial charge in [-0.1, -0.05) is 114 Å². The van der Waals surface area contributed by atoms with Gasteiger partial charge in [0, 0.05) is 32.9 Å². The van der Waals surface area contributed by atoms with Crippen LogP contribution in [-0.2, 0) is 10.8 Å². The molecule has 0 unspecified atom stereocenters. The van der Waals surface area contributed by atoms with Gasteiger partial charge >= 0.3 is 0 Å². The van der Waals surface area contributed by atoms with Gasteiger partial charge in [-0.3, -0.25) is 0 Å².